The molecule has 84 valence electrons. The van der Waals surface area contributed by atoms with Gasteiger partial charge < -0.3 is 9.80 Å². The summed E-state index contributed by atoms with van der Waals surface area (Å²) in [5.74, 6) is 0.870. The van der Waals surface area contributed by atoms with Gasteiger partial charge >= 0.3 is 0 Å². The summed E-state index contributed by atoms with van der Waals surface area (Å²) in [7, 11) is 0. The SMILES string of the molecule is CCN1CCN(c2cnc(C#N)cn2)CC1. The molecule has 0 N–H and O–H groups in total. The number of likely N-dealkylation sites (N-methyl/N-ethyl adjacent to an activating group) is 1. The normalized spacial score (nSPS) is 17.1. The molecule has 5 nitrogen and oxygen atoms in total. The van der Waals surface area contributed by atoms with Gasteiger partial charge in [0.2, 0.25) is 0 Å². The molecule has 2 rings (SSSR count). The van der Waals surface area contributed by atoms with Crippen LogP contribution in [0.3, 0.4) is 0 Å². The highest BCUT2D eigenvalue weighted by molar-refractivity contribution is 5.37. The van der Waals surface area contributed by atoms with Crippen molar-refractivity contribution >= 4 is 5.82 Å². The van der Waals surface area contributed by atoms with Crippen LogP contribution in [0.2, 0.25) is 0 Å². The maximum absolute atomic E-state index is 8.63. The van der Waals surface area contributed by atoms with Crippen molar-refractivity contribution in [3.05, 3.63) is 18.1 Å². The van der Waals surface area contributed by atoms with Gasteiger partial charge in [0.1, 0.15) is 11.9 Å². The fourth-order valence-electron chi connectivity index (χ4n) is 1.84. The molecule has 0 unspecified atom stereocenters. The molecule has 0 amide bonds. The van der Waals surface area contributed by atoms with Crippen LogP contribution in [0.1, 0.15) is 12.6 Å². The lowest BCUT2D eigenvalue weighted by atomic mass is 10.3. The number of nitrogens with zero attached hydrogens (tertiary/aromatic N) is 5. The van der Waals surface area contributed by atoms with Gasteiger partial charge in [0.05, 0.1) is 12.4 Å². The average Bonchev–Trinajstić information content (AvgIpc) is 2.39. The summed E-state index contributed by atoms with van der Waals surface area (Å²) in [5, 5.41) is 8.63. The van der Waals surface area contributed by atoms with Gasteiger partial charge in [-0.15, -0.1) is 0 Å². The van der Waals surface area contributed by atoms with Crippen molar-refractivity contribution in [2.24, 2.45) is 0 Å². The predicted molar refractivity (Wildman–Crippen MR) is 61.1 cm³/mol. The zero-order valence-corrected chi connectivity index (χ0v) is 9.43. The van der Waals surface area contributed by atoms with E-state index in [1.807, 2.05) is 6.07 Å². The van der Waals surface area contributed by atoms with Crippen LogP contribution in [0, 0.1) is 11.3 Å². The Kier molecular flexibility index (Phi) is 3.32. The van der Waals surface area contributed by atoms with Crippen LogP contribution in [0.5, 0.6) is 0 Å². The third-order valence-corrected chi connectivity index (χ3v) is 2.90. The van der Waals surface area contributed by atoms with Gasteiger partial charge in [-0.2, -0.15) is 5.26 Å². The monoisotopic (exact) mass is 217 g/mol. The Morgan fingerprint density at radius 1 is 1.25 bits per heavy atom. The van der Waals surface area contributed by atoms with E-state index in [-0.39, 0.29) is 0 Å². The smallest absolute Gasteiger partial charge is 0.158 e. The average molecular weight is 217 g/mol. The third kappa shape index (κ3) is 2.28. The Bertz CT molecular complexity index is 372. The molecule has 0 aliphatic carbocycles. The van der Waals surface area contributed by atoms with Crippen LogP contribution in [0.15, 0.2) is 12.4 Å². The molecule has 1 fully saturated rings. The first-order valence-corrected chi connectivity index (χ1v) is 5.53. The van der Waals surface area contributed by atoms with E-state index in [1.165, 1.54) is 6.20 Å². The van der Waals surface area contributed by atoms with Crippen molar-refractivity contribution in [1.29, 1.82) is 5.26 Å². The van der Waals surface area contributed by atoms with Crippen LogP contribution in [-0.4, -0.2) is 47.6 Å². The first-order valence-electron chi connectivity index (χ1n) is 5.53. The van der Waals surface area contributed by atoms with Gasteiger partial charge in [-0.05, 0) is 6.54 Å². The van der Waals surface area contributed by atoms with Gasteiger partial charge in [0, 0.05) is 26.2 Å². The Morgan fingerprint density at radius 2 is 2.00 bits per heavy atom. The number of anilines is 1. The van der Waals surface area contributed by atoms with E-state index >= 15 is 0 Å². The molecule has 0 aromatic carbocycles. The highest BCUT2D eigenvalue weighted by atomic mass is 15.3. The van der Waals surface area contributed by atoms with Crippen LogP contribution < -0.4 is 4.90 Å². The summed E-state index contributed by atoms with van der Waals surface area (Å²) >= 11 is 0. The lowest BCUT2D eigenvalue weighted by Crippen LogP contribution is -2.46. The minimum atomic E-state index is 0.371. The molecular formula is C11H15N5. The van der Waals surface area contributed by atoms with Crippen molar-refractivity contribution in [2.75, 3.05) is 37.6 Å². The second kappa shape index (κ2) is 4.90. The topological polar surface area (TPSA) is 56.0 Å². The maximum Gasteiger partial charge on any atom is 0.158 e. The molecule has 0 spiro atoms. The number of hydrogen-bond acceptors (Lipinski definition) is 5. The van der Waals surface area contributed by atoms with E-state index in [4.69, 9.17) is 5.26 Å². The second-order valence-corrected chi connectivity index (χ2v) is 3.79. The first kappa shape index (κ1) is 10.8. The molecule has 1 aromatic heterocycles. The number of nitriles is 1. The summed E-state index contributed by atoms with van der Waals surface area (Å²) in [6, 6.07) is 1.97. The molecule has 0 saturated carbocycles. The van der Waals surface area contributed by atoms with E-state index in [1.54, 1.807) is 6.20 Å². The summed E-state index contributed by atoms with van der Waals surface area (Å²) < 4.78 is 0. The minimum Gasteiger partial charge on any atom is -0.353 e. The third-order valence-electron chi connectivity index (χ3n) is 2.90. The molecule has 5 heteroatoms. The maximum atomic E-state index is 8.63. The molecule has 1 saturated heterocycles. The molecule has 0 atom stereocenters. The van der Waals surface area contributed by atoms with Crippen molar-refractivity contribution in [1.82, 2.24) is 14.9 Å². The van der Waals surface area contributed by atoms with E-state index in [0.29, 0.717) is 5.69 Å². The van der Waals surface area contributed by atoms with Crippen molar-refractivity contribution in [3.63, 3.8) is 0 Å². The van der Waals surface area contributed by atoms with Crippen molar-refractivity contribution < 1.29 is 0 Å². The van der Waals surface area contributed by atoms with Crippen LogP contribution in [-0.2, 0) is 0 Å². The summed E-state index contributed by atoms with van der Waals surface area (Å²) in [5.41, 5.74) is 0.371. The first-order chi connectivity index (χ1) is 7.83. The quantitative estimate of drug-likeness (QED) is 0.721. The zero-order chi connectivity index (χ0) is 11.4. The lowest BCUT2D eigenvalue weighted by molar-refractivity contribution is 0.270. The van der Waals surface area contributed by atoms with Gasteiger partial charge in [0.15, 0.2) is 5.69 Å². The van der Waals surface area contributed by atoms with Gasteiger partial charge in [0.25, 0.3) is 0 Å². The van der Waals surface area contributed by atoms with E-state index in [2.05, 4.69) is 26.7 Å². The number of piperazine rings is 1. The van der Waals surface area contributed by atoms with Crippen molar-refractivity contribution in [3.8, 4) is 6.07 Å². The molecular weight excluding hydrogens is 202 g/mol. The molecule has 1 aliphatic rings. The number of hydrogen-bond donors (Lipinski definition) is 0. The number of rotatable bonds is 2. The fourth-order valence-corrected chi connectivity index (χ4v) is 1.84. The van der Waals surface area contributed by atoms with E-state index in [0.717, 1.165) is 38.5 Å². The Labute approximate surface area is 95.3 Å². The number of aromatic nitrogens is 2. The van der Waals surface area contributed by atoms with Gasteiger partial charge in [-0.1, -0.05) is 6.92 Å². The summed E-state index contributed by atoms with van der Waals surface area (Å²) in [4.78, 5) is 12.9. The predicted octanol–water partition coefficient (Wildman–Crippen LogP) is 0.490. The molecule has 16 heavy (non-hydrogen) atoms. The Hall–Kier alpha value is -1.67. The van der Waals surface area contributed by atoms with Crippen LogP contribution in [0.4, 0.5) is 5.82 Å². The molecule has 1 aromatic rings. The summed E-state index contributed by atoms with van der Waals surface area (Å²) in [6.07, 6.45) is 3.21. The molecule has 0 radical (unpaired) electrons. The van der Waals surface area contributed by atoms with Crippen LogP contribution in [0.25, 0.3) is 0 Å². The Balaban J connectivity index is 2.00. The largest absolute Gasteiger partial charge is 0.353 e. The minimum absolute atomic E-state index is 0.371. The highest BCUT2D eigenvalue weighted by Gasteiger charge is 2.16. The Morgan fingerprint density at radius 3 is 2.50 bits per heavy atom. The zero-order valence-electron chi connectivity index (χ0n) is 9.43. The van der Waals surface area contributed by atoms with Crippen molar-refractivity contribution in [2.45, 2.75) is 6.92 Å². The highest BCUT2D eigenvalue weighted by Crippen LogP contribution is 2.11. The standard InChI is InChI=1S/C11H15N5/c1-2-15-3-5-16(6-4-15)11-9-13-10(7-12)8-14-11/h8-9H,2-6H2,1H3. The summed E-state index contributed by atoms with van der Waals surface area (Å²) in [6.45, 7) is 7.38. The van der Waals surface area contributed by atoms with Gasteiger partial charge in [-0.3, -0.25) is 0 Å². The lowest BCUT2D eigenvalue weighted by Gasteiger charge is -2.34. The molecule has 0 bridgehead atoms. The fraction of sp³-hybridized carbons (Fsp3) is 0.545. The van der Waals surface area contributed by atoms with E-state index in [9.17, 15) is 0 Å². The second-order valence-electron chi connectivity index (χ2n) is 3.79. The van der Waals surface area contributed by atoms with Gasteiger partial charge in [-0.25, -0.2) is 9.97 Å². The molecule has 2 heterocycles. The molecule has 1 aliphatic heterocycles. The van der Waals surface area contributed by atoms with Crippen LogP contribution >= 0.6 is 0 Å². The van der Waals surface area contributed by atoms with E-state index < -0.39 is 0 Å².